The molecule has 1 N–H and O–H groups in total. The fraction of sp³-hybridized carbons (Fsp3) is 0.111. The zero-order valence-electron chi connectivity index (χ0n) is 12.9. The molecule has 0 aromatic heterocycles. The minimum Gasteiger partial charge on any atom is -0.452 e. The lowest BCUT2D eigenvalue weighted by molar-refractivity contribution is -0.142. The van der Waals surface area contributed by atoms with Gasteiger partial charge in [0.1, 0.15) is 5.82 Å². The van der Waals surface area contributed by atoms with Crippen LogP contribution in [0.15, 0.2) is 48.5 Å². The maximum Gasteiger partial charge on any atom is 0.331 e. The van der Waals surface area contributed by atoms with Crippen molar-refractivity contribution in [1.82, 2.24) is 0 Å². The van der Waals surface area contributed by atoms with Crippen LogP contribution in [0.1, 0.15) is 11.1 Å². The third-order valence-electron chi connectivity index (χ3n) is 3.19. The van der Waals surface area contributed by atoms with Gasteiger partial charge in [-0.05, 0) is 36.8 Å². The molecule has 0 aliphatic rings. The molecule has 4 nitrogen and oxygen atoms in total. The van der Waals surface area contributed by atoms with E-state index in [-0.39, 0.29) is 5.56 Å². The number of hydrogen-bond acceptors (Lipinski definition) is 3. The fourth-order valence-corrected chi connectivity index (χ4v) is 2.06. The van der Waals surface area contributed by atoms with Crippen LogP contribution in [0.3, 0.4) is 0 Å². The van der Waals surface area contributed by atoms with Crippen molar-refractivity contribution in [1.29, 1.82) is 0 Å². The molecule has 2 rings (SSSR count). The smallest absolute Gasteiger partial charge is 0.331 e. The van der Waals surface area contributed by atoms with Crippen molar-refractivity contribution in [2.75, 3.05) is 11.9 Å². The average molecular weight is 348 g/mol. The van der Waals surface area contributed by atoms with Crippen molar-refractivity contribution in [2.24, 2.45) is 0 Å². The van der Waals surface area contributed by atoms with Crippen LogP contribution in [0.25, 0.3) is 6.08 Å². The minimum atomic E-state index is -0.740. The number of esters is 1. The third-order valence-corrected chi connectivity index (χ3v) is 3.60. The Kier molecular flexibility index (Phi) is 6.09. The summed E-state index contributed by atoms with van der Waals surface area (Å²) in [6, 6.07) is 11.1. The van der Waals surface area contributed by atoms with Crippen LogP contribution in [0, 0.1) is 12.7 Å². The lowest BCUT2D eigenvalue weighted by Gasteiger charge is -2.09. The summed E-state index contributed by atoms with van der Waals surface area (Å²) in [7, 11) is 0. The first kappa shape index (κ1) is 17.7. The topological polar surface area (TPSA) is 55.4 Å². The van der Waals surface area contributed by atoms with Crippen LogP contribution < -0.4 is 5.32 Å². The molecule has 0 atom stereocenters. The van der Waals surface area contributed by atoms with Crippen molar-refractivity contribution in [2.45, 2.75) is 6.92 Å². The Morgan fingerprint density at radius 1 is 1.21 bits per heavy atom. The molecule has 0 radical (unpaired) electrons. The van der Waals surface area contributed by atoms with Crippen LogP contribution in [0.4, 0.5) is 10.1 Å². The summed E-state index contributed by atoms with van der Waals surface area (Å²) in [4.78, 5) is 23.4. The highest BCUT2D eigenvalue weighted by Gasteiger charge is 2.09. The van der Waals surface area contributed by atoms with E-state index in [2.05, 4.69) is 5.32 Å². The van der Waals surface area contributed by atoms with Gasteiger partial charge in [0, 0.05) is 22.3 Å². The number of ether oxygens (including phenoxy) is 1. The third kappa shape index (κ3) is 4.93. The van der Waals surface area contributed by atoms with Gasteiger partial charge in [-0.2, -0.15) is 0 Å². The van der Waals surface area contributed by atoms with E-state index in [1.807, 2.05) is 0 Å². The van der Waals surface area contributed by atoms with Gasteiger partial charge >= 0.3 is 5.97 Å². The molecule has 2 aromatic carbocycles. The van der Waals surface area contributed by atoms with E-state index in [0.717, 1.165) is 11.6 Å². The highest BCUT2D eigenvalue weighted by atomic mass is 35.5. The molecule has 0 aliphatic carbocycles. The van der Waals surface area contributed by atoms with Gasteiger partial charge in [0.15, 0.2) is 6.61 Å². The number of nitrogens with one attached hydrogen (secondary N) is 1. The summed E-state index contributed by atoms with van der Waals surface area (Å²) in [6.07, 6.45) is 2.35. The standard InChI is InChI=1S/C18H15ClFNO3/c1-12-14(19)6-4-8-16(12)21-17(22)11-24-18(23)10-9-13-5-2-3-7-15(13)20/h2-10H,11H2,1H3,(H,21,22)/b10-9+. The Balaban J connectivity index is 1.86. The molecule has 0 saturated heterocycles. The van der Waals surface area contributed by atoms with Gasteiger partial charge in [-0.1, -0.05) is 35.9 Å². The van der Waals surface area contributed by atoms with Crippen LogP contribution >= 0.6 is 11.6 Å². The molecule has 0 fully saturated rings. The first-order valence-corrected chi connectivity index (χ1v) is 7.49. The quantitative estimate of drug-likeness (QED) is 0.657. The zero-order chi connectivity index (χ0) is 17.5. The van der Waals surface area contributed by atoms with E-state index in [1.54, 1.807) is 37.3 Å². The molecule has 1 amide bonds. The normalized spacial score (nSPS) is 10.6. The highest BCUT2D eigenvalue weighted by Crippen LogP contribution is 2.22. The molecule has 0 bridgehead atoms. The van der Waals surface area contributed by atoms with E-state index in [4.69, 9.17) is 16.3 Å². The number of hydrogen-bond donors (Lipinski definition) is 1. The maximum atomic E-state index is 13.4. The fourth-order valence-electron chi connectivity index (χ4n) is 1.88. The lowest BCUT2D eigenvalue weighted by Crippen LogP contribution is -2.20. The van der Waals surface area contributed by atoms with Crippen LogP contribution in [-0.2, 0) is 14.3 Å². The van der Waals surface area contributed by atoms with Crippen molar-refractivity contribution < 1.29 is 18.7 Å². The van der Waals surface area contributed by atoms with Gasteiger partial charge in [0.05, 0.1) is 0 Å². The number of anilines is 1. The number of carbonyl (C=O) groups excluding carboxylic acids is 2. The average Bonchev–Trinajstić information content (AvgIpc) is 2.56. The second-order valence-corrected chi connectivity index (χ2v) is 5.33. The van der Waals surface area contributed by atoms with Crippen LogP contribution in [0.2, 0.25) is 5.02 Å². The van der Waals surface area contributed by atoms with E-state index < -0.39 is 24.3 Å². The van der Waals surface area contributed by atoms with Crippen molar-refractivity contribution in [3.63, 3.8) is 0 Å². The number of carbonyl (C=O) groups is 2. The van der Waals surface area contributed by atoms with Crippen LogP contribution in [0.5, 0.6) is 0 Å². The second-order valence-electron chi connectivity index (χ2n) is 4.92. The van der Waals surface area contributed by atoms with Gasteiger partial charge in [0.25, 0.3) is 5.91 Å². The van der Waals surface area contributed by atoms with Gasteiger partial charge in [-0.15, -0.1) is 0 Å². The predicted molar refractivity (Wildman–Crippen MR) is 91.2 cm³/mol. The molecule has 2 aromatic rings. The van der Waals surface area contributed by atoms with Gasteiger partial charge in [-0.25, -0.2) is 9.18 Å². The van der Waals surface area contributed by atoms with E-state index >= 15 is 0 Å². The molecule has 6 heteroatoms. The molecular weight excluding hydrogens is 333 g/mol. The molecule has 0 unspecified atom stereocenters. The lowest BCUT2D eigenvalue weighted by atomic mass is 10.2. The van der Waals surface area contributed by atoms with E-state index in [1.165, 1.54) is 18.2 Å². The van der Waals surface area contributed by atoms with Crippen molar-refractivity contribution in [3.8, 4) is 0 Å². The molecule has 0 spiro atoms. The highest BCUT2D eigenvalue weighted by molar-refractivity contribution is 6.31. The molecular formula is C18H15ClFNO3. The van der Waals surface area contributed by atoms with Crippen molar-refractivity contribution >= 4 is 35.2 Å². The molecule has 0 saturated carbocycles. The molecule has 124 valence electrons. The molecule has 0 aliphatic heterocycles. The number of amides is 1. The summed E-state index contributed by atoms with van der Waals surface area (Å²) >= 11 is 5.96. The molecule has 0 heterocycles. The van der Waals surface area contributed by atoms with E-state index in [9.17, 15) is 14.0 Å². The number of rotatable bonds is 5. The Bertz CT molecular complexity index is 790. The number of halogens is 2. The van der Waals surface area contributed by atoms with Gasteiger partial charge in [-0.3, -0.25) is 4.79 Å². The monoisotopic (exact) mass is 347 g/mol. The zero-order valence-corrected chi connectivity index (χ0v) is 13.6. The van der Waals surface area contributed by atoms with Gasteiger partial charge < -0.3 is 10.1 Å². The Morgan fingerprint density at radius 2 is 1.96 bits per heavy atom. The maximum absolute atomic E-state index is 13.4. The number of benzene rings is 2. The SMILES string of the molecule is Cc1c(Cl)cccc1NC(=O)COC(=O)/C=C/c1ccccc1F. The molecule has 24 heavy (non-hydrogen) atoms. The Labute approximate surface area is 143 Å². The first-order chi connectivity index (χ1) is 11.5. The van der Waals surface area contributed by atoms with Gasteiger partial charge in [0.2, 0.25) is 0 Å². The summed E-state index contributed by atoms with van der Waals surface area (Å²) < 4.78 is 18.2. The van der Waals surface area contributed by atoms with Crippen LogP contribution in [-0.4, -0.2) is 18.5 Å². The Hall–Kier alpha value is -2.66. The van der Waals surface area contributed by atoms with E-state index in [0.29, 0.717) is 10.7 Å². The summed E-state index contributed by atoms with van der Waals surface area (Å²) in [5, 5.41) is 3.13. The predicted octanol–water partition coefficient (Wildman–Crippen LogP) is 3.98. The summed E-state index contributed by atoms with van der Waals surface area (Å²) in [5.74, 6) is -1.68. The largest absolute Gasteiger partial charge is 0.452 e. The summed E-state index contributed by atoms with van der Waals surface area (Å²) in [5.41, 5.74) is 1.53. The van der Waals surface area contributed by atoms with Crippen molar-refractivity contribution in [3.05, 3.63) is 70.5 Å². The minimum absolute atomic E-state index is 0.258. The first-order valence-electron chi connectivity index (χ1n) is 7.11. The summed E-state index contributed by atoms with van der Waals surface area (Å²) in [6.45, 7) is 1.31. The second kappa shape index (κ2) is 8.26. The Morgan fingerprint density at radius 3 is 2.71 bits per heavy atom.